The number of halogens is 1. The van der Waals surface area contributed by atoms with Crippen molar-refractivity contribution in [2.24, 2.45) is 5.92 Å². The number of hydrogen-bond donors (Lipinski definition) is 2. The Morgan fingerprint density at radius 3 is 2.17 bits per heavy atom. The molecule has 5 nitrogen and oxygen atoms in total. The van der Waals surface area contributed by atoms with Crippen LogP contribution in [0.2, 0.25) is 5.02 Å². The Balaban J connectivity index is 1.52. The highest BCUT2D eigenvalue weighted by Crippen LogP contribution is 2.25. The fraction of sp³-hybridized carbons (Fsp3) is 0.409. The predicted molar refractivity (Wildman–Crippen MR) is 117 cm³/mol. The van der Waals surface area contributed by atoms with Gasteiger partial charge < -0.3 is 5.32 Å². The van der Waals surface area contributed by atoms with Crippen molar-refractivity contribution in [1.82, 2.24) is 5.32 Å². The molecule has 29 heavy (non-hydrogen) atoms. The van der Waals surface area contributed by atoms with E-state index in [0.29, 0.717) is 28.7 Å². The van der Waals surface area contributed by atoms with E-state index in [-0.39, 0.29) is 10.8 Å². The molecule has 1 fully saturated rings. The minimum absolute atomic E-state index is 0.127. The van der Waals surface area contributed by atoms with Gasteiger partial charge in [-0.3, -0.25) is 9.52 Å². The van der Waals surface area contributed by atoms with Crippen molar-refractivity contribution in [1.29, 1.82) is 0 Å². The Morgan fingerprint density at radius 2 is 1.55 bits per heavy atom. The summed E-state index contributed by atoms with van der Waals surface area (Å²) in [7, 11) is -3.70. The molecule has 7 heteroatoms. The molecular formula is C22H27ClN2O3S. The lowest BCUT2D eigenvalue weighted by Gasteiger charge is -2.14. The van der Waals surface area contributed by atoms with E-state index in [1.807, 2.05) is 0 Å². The van der Waals surface area contributed by atoms with Gasteiger partial charge in [0.25, 0.3) is 15.9 Å². The SMILES string of the molecule is O=C(NCCC1CCCCCC1)c1ccc(NS(=O)(=O)c2ccc(Cl)cc2)cc1. The highest BCUT2D eigenvalue weighted by atomic mass is 35.5. The molecule has 0 aromatic heterocycles. The van der Waals surface area contributed by atoms with Crippen LogP contribution in [0.15, 0.2) is 53.4 Å². The lowest BCUT2D eigenvalue weighted by atomic mass is 9.97. The molecule has 0 radical (unpaired) electrons. The molecule has 2 aromatic carbocycles. The monoisotopic (exact) mass is 434 g/mol. The van der Waals surface area contributed by atoms with Gasteiger partial charge in [-0.1, -0.05) is 50.1 Å². The van der Waals surface area contributed by atoms with Crippen molar-refractivity contribution in [2.45, 2.75) is 49.8 Å². The van der Waals surface area contributed by atoms with Crippen LogP contribution in [0.3, 0.4) is 0 Å². The lowest BCUT2D eigenvalue weighted by molar-refractivity contribution is 0.0951. The van der Waals surface area contributed by atoms with Gasteiger partial charge in [0.15, 0.2) is 0 Å². The fourth-order valence-electron chi connectivity index (χ4n) is 3.66. The van der Waals surface area contributed by atoms with Crippen LogP contribution in [0.1, 0.15) is 55.3 Å². The van der Waals surface area contributed by atoms with E-state index < -0.39 is 10.0 Å². The molecule has 3 rings (SSSR count). The van der Waals surface area contributed by atoms with E-state index in [4.69, 9.17) is 11.6 Å². The molecular weight excluding hydrogens is 408 g/mol. The third kappa shape index (κ3) is 6.47. The number of anilines is 1. The van der Waals surface area contributed by atoms with Crippen molar-refractivity contribution in [2.75, 3.05) is 11.3 Å². The largest absolute Gasteiger partial charge is 0.352 e. The van der Waals surface area contributed by atoms with E-state index in [0.717, 1.165) is 6.42 Å². The third-order valence-electron chi connectivity index (χ3n) is 5.34. The molecule has 0 aliphatic heterocycles. The molecule has 1 saturated carbocycles. The second kappa shape index (κ2) is 10.1. The number of amides is 1. The summed E-state index contributed by atoms with van der Waals surface area (Å²) in [6, 6.07) is 12.4. The number of hydrogen-bond acceptors (Lipinski definition) is 3. The zero-order valence-corrected chi connectivity index (χ0v) is 17.9. The molecule has 0 spiro atoms. The lowest BCUT2D eigenvalue weighted by Crippen LogP contribution is -2.26. The summed E-state index contributed by atoms with van der Waals surface area (Å²) in [4.78, 5) is 12.5. The van der Waals surface area contributed by atoms with Gasteiger partial charge in [-0.05, 0) is 60.9 Å². The molecule has 2 aromatic rings. The molecule has 1 amide bonds. The van der Waals surface area contributed by atoms with Crippen molar-refractivity contribution in [3.63, 3.8) is 0 Å². The first-order valence-corrected chi connectivity index (χ1v) is 12.0. The Kier molecular flexibility index (Phi) is 7.56. The molecule has 0 bridgehead atoms. The first kappa shape index (κ1) is 21.7. The highest BCUT2D eigenvalue weighted by Gasteiger charge is 2.15. The zero-order chi connectivity index (χ0) is 20.7. The van der Waals surface area contributed by atoms with Crippen LogP contribution in [0.5, 0.6) is 0 Å². The van der Waals surface area contributed by atoms with E-state index in [9.17, 15) is 13.2 Å². The summed E-state index contributed by atoms with van der Waals surface area (Å²) in [5.74, 6) is 0.577. The van der Waals surface area contributed by atoms with E-state index >= 15 is 0 Å². The van der Waals surface area contributed by atoms with Gasteiger partial charge in [0.1, 0.15) is 0 Å². The topological polar surface area (TPSA) is 75.3 Å². The average molecular weight is 435 g/mol. The minimum atomic E-state index is -3.70. The van der Waals surface area contributed by atoms with Crippen molar-refractivity contribution in [3.8, 4) is 0 Å². The van der Waals surface area contributed by atoms with Crippen LogP contribution >= 0.6 is 11.6 Å². The molecule has 156 valence electrons. The second-order valence-electron chi connectivity index (χ2n) is 7.54. The molecule has 0 heterocycles. The van der Waals surface area contributed by atoms with Crippen LogP contribution in [-0.2, 0) is 10.0 Å². The number of nitrogens with one attached hydrogen (secondary N) is 2. The van der Waals surface area contributed by atoms with Crippen molar-refractivity contribution < 1.29 is 13.2 Å². The minimum Gasteiger partial charge on any atom is -0.352 e. The number of benzene rings is 2. The fourth-order valence-corrected chi connectivity index (χ4v) is 4.85. The van der Waals surface area contributed by atoms with Gasteiger partial charge in [0.2, 0.25) is 0 Å². The van der Waals surface area contributed by atoms with Gasteiger partial charge >= 0.3 is 0 Å². The predicted octanol–water partition coefficient (Wildman–Crippen LogP) is 5.23. The zero-order valence-electron chi connectivity index (χ0n) is 16.4. The van der Waals surface area contributed by atoms with Gasteiger partial charge in [-0.2, -0.15) is 0 Å². The normalized spacial score (nSPS) is 15.5. The van der Waals surface area contributed by atoms with E-state index in [2.05, 4.69) is 10.0 Å². The first-order chi connectivity index (χ1) is 13.9. The van der Waals surface area contributed by atoms with Gasteiger partial charge in [-0.25, -0.2) is 8.42 Å². The van der Waals surface area contributed by atoms with Crippen LogP contribution in [0, 0.1) is 5.92 Å². The highest BCUT2D eigenvalue weighted by molar-refractivity contribution is 7.92. The number of sulfonamides is 1. The molecule has 0 saturated heterocycles. The van der Waals surface area contributed by atoms with E-state index in [1.54, 1.807) is 24.3 Å². The third-order valence-corrected chi connectivity index (χ3v) is 6.99. The van der Waals surface area contributed by atoms with Gasteiger partial charge in [-0.15, -0.1) is 0 Å². The number of carbonyl (C=O) groups is 1. The smallest absolute Gasteiger partial charge is 0.261 e. The maximum Gasteiger partial charge on any atom is 0.261 e. The van der Waals surface area contributed by atoms with Gasteiger partial charge in [0, 0.05) is 22.8 Å². The van der Waals surface area contributed by atoms with Crippen LogP contribution < -0.4 is 10.0 Å². The Morgan fingerprint density at radius 1 is 0.931 bits per heavy atom. The summed E-state index contributed by atoms with van der Waals surface area (Å²) in [6.07, 6.45) is 8.80. The Bertz CT molecular complexity index is 904. The quantitative estimate of drug-likeness (QED) is 0.585. The first-order valence-electron chi connectivity index (χ1n) is 10.1. The summed E-state index contributed by atoms with van der Waals surface area (Å²) < 4.78 is 27.3. The maximum absolute atomic E-state index is 12.4. The van der Waals surface area contributed by atoms with E-state index in [1.165, 1.54) is 62.8 Å². The molecule has 1 aliphatic rings. The standard InChI is InChI=1S/C22H27ClN2O3S/c23-19-9-13-21(14-10-19)29(27,28)25-20-11-7-18(8-12-20)22(26)24-16-15-17-5-3-1-2-4-6-17/h7-14,17,25H,1-6,15-16H2,(H,24,26). The molecule has 1 aliphatic carbocycles. The average Bonchev–Trinajstić information content (AvgIpc) is 2.97. The van der Waals surface area contributed by atoms with Crippen molar-refractivity contribution in [3.05, 3.63) is 59.1 Å². The summed E-state index contributed by atoms with van der Waals surface area (Å²) in [5.41, 5.74) is 0.912. The van der Waals surface area contributed by atoms with Crippen LogP contribution in [0.4, 0.5) is 5.69 Å². The molecule has 2 N–H and O–H groups in total. The maximum atomic E-state index is 12.4. The number of rotatable bonds is 7. The summed E-state index contributed by atoms with van der Waals surface area (Å²) in [5, 5.41) is 3.45. The summed E-state index contributed by atoms with van der Waals surface area (Å²) in [6.45, 7) is 0.675. The van der Waals surface area contributed by atoms with Gasteiger partial charge in [0.05, 0.1) is 4.90 Å². The second-order valence-corrected chi connectivity index (χ2v) is 9.66. The molecule has 0 atom stereocenters. The Hall–Kier alpha value is -2.05. The van der Waals surface area contributed by atoms with Crippen LogP contribution in [0.25, 0.3) is 0 Å². The Labute approximate surface area is 177 Å². The van der Waals surface area contributed by atoms with Crippen molar-refractivity contribution >= 4 is 33.2 Å². The number of carbonyl (C=O) groups excluding carboxylic acids is 1. The molecule has 0 unspecified atom stereocenters. The van der Waals surface area contributed by atoms with Crippen LogP contribution in [-0.4, -0.2) is 20.9 Å². The summed E-state index contributed by atoms with van der Waals surface area (Å²) >= 11 is 5.80.